The Kier molecular flexibility index (Phi) is 5.38. The van der Waals surface area contributed by atoms with Gasteiger partial charge in [-0.05, 0) is 40.2 Å². The van der Waals surface area contributed by atoms with Crippen molar-refractivity contribution in [3.05, 3.63) is 17.0 Å². The third kappa shape index (κ3) is 3.48. The van der Waals surface area contributed by atoms with Crippen molar-refractivity contribution in [2.75, 3.05) is 6.54 Å². The molecular weight excluding hydrogens is 264 g/mol. The van der Waals surface area contributed by atoms with E-state index < -0.39 is 0 Å². The van der Waals surface area contributed by atoms with Crippen molar-refractivity contribution in [3.8, 4) is 0 Å². The lowest BCUT2D eigenvalue weighted by Crippen LogP contribution is -2.46. The van der Waals surface area contributed by atoms with Gasteiger partial charge in [0, 0.05) is 24.8 Å². The summed E-state index contributed by atoms with van der Waals surface area (Å²) in [5, 5.41) is 10.8. The number of aryl methyl sites for hydroxylation is 2. The van der Waals surface area contributed by atoms with Crippen molar-refractivity contribution >= 4 is 18.3 Å². The summed E-state index contributed by atoms with van der Waals surface area (Å²) in [7, 11) is 1.87. The van der Waals surface area contributed by atoms with Crippen LogP contribution in [0.15, 0.2) is 0 Å². The Balaban J connectivity index is 0.00000180. The van der Waals surface area contributed by atoms with Gasteiger partial charge in [0.2, 0.25) is 0 Å². The molecule has 108 valence electrons. The predicted octanol–water partition coefficient (Wildman–Crippen LogP) is 1.33. The van der Waals surface area contributed by atoms with Crippen molar-refractivity contribution in [1.29, 1.82) is 0 Å². The van der Waals surface area contributed by atoms with E-state index in [2.05, 4.69) is 22.7 Å². The molecule has 0 radical (unpaired) electrons. The molecule has 1 aliphatic rings. The van der Waals surface area contributed by atoms with Crippen LogP contribution < -0.4 is 10.6 Å². The first-order valence-corrected chi connectivity index (χ1v) is 6.53. The summed E-state index contributed by atoms with van der Waals surface area (Å²) in [4.78, 5) is 12.3. The third-order valence-electron chi connectivity index (χ3n) is 3.69. The van der Waals surface area contributed by atoms with Crippen LogP contribution in [-0.2, 0) is 7.05 Å². The van der Waals surface area contributed by atoms with Gasteiger partial charge in [0.25, 0.3) is 5.91 Å². The maximum Gasteiger partial charge on any atom is 0.255 e. The minimum Gasteiger partial charge on any atom is -0.349 e. The summed E-state index contributed by atoms with van der Waals surface area (Å²) < 4.78 is 1.76. The fraction of sp³-hybridized carbons (Fsp3) is 0.692. The first-order chi connectivity index (χ1) is 8.49. The van der Waals surface area contributed by atoms with Crippen LogP contribution >= 0.6 is 12.4 Å². The summed E-state index contributed by atoms with van der Waals surface area (Å²) in [6.45, 7) is 6.93. The zero-order valence-electron chi connectivity index (χ0n) is 12.0. The Bertz CT molecular complexity index is 458. The molecule has 1 aliphatic heterocycles. The van der Waals surface area contributed by atoms with Crippen LogP contribution in [-0.4, -0.2) is 34.3 Å². The minimum absolute atomic E-state index is 0. The molecule has 1 aromatic heterocycles. The summed E-state index contributed by atoms with van der Waals surface area (Å²) in [6, 6.07) is 0.743. The molecule has 2 rings (SSSR count). The Morgan fingerprint density at radius 3 is 2.68 bits per heavy atom. The fourth-order valence-electron chi connectivity index (χ4n) is 2.62. The van der Waals surface area contributed by atoms with Crippen LogP contribution in [0.3, 0.4) is 0 Å². The molecule has 0 aliphatic carbocycles. The smallest absolute Gasteiger partial charge is 0.255 e. The zero-order chi connectivity index (χ0) is 13.3. The molecule has 1 fully saturated rings. The normalized spacial score (nSPS) is 22.7. The number of nitrogens with one attached hydrogen (secondary N) is 2. The average molecular weight is 287 g/mol. The maximum absolute atomic E-state index is 12.3. The zero-order valence-corrected chi connectivity index (χ0v) is 12.8. The largest absolute Gasteiger partial charge is 0.349 e. The quantitative estimate of drug-likeness (QED) is 0.862. The molecule has 1 saturated heterocycles. The number of piperidine rings is 1. The lowest BCUT2D eigenvalue weighted by Gasteiger charge is -2.28. The summed E-state index contributed by atoms with van der Waals surface area (Å²) in [5.41, 5.74) is 2.45. The molecule has 1 aromatic rings. The van der Waals surface area contributed by atoms with Crippen LogP contribution in [0.2, 0.25) is 0 Å². The monoisotopic (exact) mass is 286 g/mol. The van der Waals surface area contributed by atoms with E-state index in [1.165, 1.54) is 0 Å². The highest BCUT2D eigenvalue weighted by Crippen LogP contribution is 2.14. The van der Waals surface area contributed by atoms with Gasteiger partial charge in [-0.15, -0.1) is 12.4 Å². The second-order valence-electron chi connectivity index (χ2n) is 5.22. The van der Waals surface area contributed by atoms with Gasteiger partial charge in [-0.1, -0.05) is 0 Å². The predicted molar refractivity (Wildman–Crippen MR) is 77.9 cm³/mol. The lowest BCUT2D eigenvalue weighted by molar-refractivity contribution is 0.0924. The molecule has 0 aromatic carbocycles. The summed E-state index contributed by atoms with van der Waals surface area (Å²) >= 11 is 0. The van der Waals surface area contributed by atoms with Gasteiger partial charge in [-0.2, -0.15) is 5.10 Å². The van der Waals surface area contributed by atoms with Crippen LogP contribution in [0.4, 0.5) is 0 Å². The SMILES string of the molecule is Cc1nn(C)c(C)c1C(=O)NC1CCNC(C)C1.Cl. The highest BCUT2D eigenvalue weighted by Gasteiger charge is 2.23. The van der Waals surface area contributed by atoms with E-state index in [0.29, 0.717) is 6.04 Å². The Labute approximate surface area is 120 Å². The number of carbonyl (C=O) groups excluding carboxylic acids is 1. The topological polar surface area (TPSA) is 59.0 Å². The Morgan fingerprint density at radius 2 is 2.16 bits per heavy atom. The van der Waals surface area contributed by atoms with Gasteiger partial charge in [-0.3, -0.25) is 9.48 Å². The number of halogens is 1. The molecule has 6 heteroatoms. The molecule has 2 atom stereocenters. The van der Waals surface area contributed by atoms with E-state index in [0.717, 1.165) is 36.3 Å². The molecule has 0 spiro atoms. The maximum atomic E-state index is 12.3. The van der Waals surface area contributed by atoms with Crippen LogP contribution in [0.25, 0.3) is 0 Å². The van der Waals surface area contributed by atoms with Gasteiger partial charge in [0.15, 0.2) is 0 Å². The third-order valence-corrected chi connectivity index (χ3v) is 3.69. The lowest BCUT2D eigenvalue weighted by atomic mass is 10.00. The number of rotatable bonds is 2. The molecule has 19 heavy (non-hydrogen) atoms. The van der Waals surface area contributed by atoms with E-state index >= 15 is 0 Å². The fourth-order valence-corrected chi connectivity index (χ4v) is 2.62. The van der Waals surface area contributed by atoms with Gasteiger partial charge in [0.05, 0.1) is 11.3 Å². The molecular formula is C13H23ClN4O. The number of amides is 1. The number of aromatic nitrogens is 2. The van der Waals surface area contributed by atoms with Crippen molar-refractivity contribution < 1.29 is 4.79 Å². The van der Waals surface area contributed by atoms with Gasteiger partial charge in [0.1, 0.15) is 0 Å². The van der Waals surface area contributed by atoms with Crippen LogP contribution in [0, 0.1) is 13.8 Å². The average Bonchev–Trinajstić information content (AvgIpc) is 2.53. The first-order valence-electron chi connectivity index (χ1n) is 6.53. The molecule has 2 unspecified atom stereocenters. The standard InChI is InChI=1S/C13H22N4O.ClH/c1-8-7-11(5-6-14-8)15-13(18)12-9(2)16-17(4)10(12)3;/h8,11,14H,5-7H2,1-4H3,(H,15,18);1H. The first kappa shape index (κ1) is 16.0. The van der Waals surface area contributed by atoms with Crippen LogP contribution in [0.5, 0.6) is 0 Å². The molecule has 5 nitrogen and oxygen atoms in total. The summed E-state index contributed by atoms with van der Waals surface area (Å²) in [6.07, 6.45) is 1.98. The van der Waals surface area contributed by atoms with Crippen molar-refractivity contribution in [3.63, 3.8) is 0 Å². The second-order valence-corrected chi connectivity index (χ2v) is 5.22. The molecule has 0 saturated carbocycles. The van der Waals surface area contributed by atoms with Gasteiger partial charge >= 0.3 is 0 Å². The number of nitrogens with zero attached hydrogens (tertiary/aromatic N) is 2. The molecule has 2 heterocycles. The van der Waals surface area contributed by atoms with Crippen LogP contribution in [0.1, 0.15) is 41.5 Å². The summed E-state index contributed by atoms with van der Waals surface area (Å²) in [5.74, 6) is 0.0113. The second kappa shape index (κ2) is 6.39. The Morgan fingerprint density at radius 1 is 1.47 bits per heavy atom. The van der Waals surface area contributed by atoms with Crippen molar-refractivity contribution in [1.82, 2.24) is 20.4 Å². The number of hydrogen-bond acceptors (Lipinski definition) is 3. The van der Waals surface area contributed by atoms with E-state index in [1.807, 2.05) is 20.9 Å². The van der Waals surface area contributed by atoms with E-state index in [-0.39, 0.29) is 24.4 Å². The van der Waals surface area contributed by atoms with Crippen molar-refractivity contribution in [2.24, 2.45) is 7.05 Å². The van der Waals surface area contributed by atoms with Gasteiger partial charge in [-0.25, -0.2) is 0 Å². The minimum atomic E-state index is 0. The number of hydrogen-bond donors (Lipinski definition) is 2. The highest BCUT2D eigenvalue weighted by molar-refractivity contribution is 5.96. The number of carbonyl (C=O) groups is 1. The van der Waals surface area contributed by atoms with E-state index in [4.69, 9.17) is 0 Å². The van der Waals surface area contributed by atoms with E-state index in [9.17, 15) is 4.79 Å². The Hall–Kier alpha value is -1.07. The highest BCUT2D eigenvalue weighted by atomic mass is 35.5. The van der Waals surface area contributed by atoms with E-state index in [1.54, 1.807) is 4.68 Å². The molecule has 1 amide bonds. The molecule has 2 N–H and O–H groups in total. The van der Waals surface area contributed by atoms with Crippen molar-refractivity contribution in [2.45, 2.75) is 45.7 Å². The molecule has 0 bridgehead atoms. The van der Waals surface area contributed by atoms with Gasteiger partial charge < -0.3 is 10.6 Å².